The van der Waals surface area contributed by atoms with Crippen molar-refractivity contribution >= 4 is 0 Å². The Balaban J connectivity index is 1.73. The Labute approximate surface area is 120 Å². The summed E-state index contributed by atoms with van der Waals surface area (Å²) in [6.07, 6.45) is 2.77. The van der Waals surface area contributed by atoms with Gasteiger partial charge in [0, 0.05) is 25.2 Å². The van der Waals surface area contributed by atoms with E-state index in [1.165, 1.54) is 12.8 Å². The number of rotatable bonds is 3. The molecule has 1 aliphatic carbocycles. The third-order valence-corrected chi connectivity index (χ3v) is 4.53. The van der Waals surface area contributed by atoms with Crippen LogP contribution in [0.15, 0.2) is 0 Å². The van der Waals surface area contributed by atoms with Gasteiger partial charge >= 0.3 is 0 Å². The molecule has 1 aliphatic heterocycles. The fraction of sp³-hybridized carbons (Fsp3) is 0.929. The first kappa shape index (κ1) is 13.9. The van der Waals surface area contributed by atoms with E-state index in [-0.39, 0.29) is 5.41 Å². The Bertz CT molecular complexity index is 458. The van der Waals surface area contributed by atoms with Crippen LogP contribution in [0.4, 0.5) is 0 Å². The first-order valence-corrected chi connectivity index (χ1v) is 7.64. The van der Waals surface area contributed by atoms with Crippen LogP contribution in [-0.4, -0.2) is 50.3 Å². The van der Waals surface area contributed by atoms with E-state index in [1.54, 1.807) is 4.80 Å². The average Bonchev–Trinajstić information content (AvgIpc) is 3.13. The Morgan fingerprint density at radius 1 is 1.30 bits per heavy atom. The van der Waals surface area contributed by atoms with Gasteiger partial charge in [-0.15, -0.1) is 10.2 Å². The number of aromatic nitrogens is 4. The van der Waals surface area contributed by atoms with E-state index in [0.29, 0.717) is 12.1 Å². The summed E-state index contributed by atoms with van der Waals surface area (Å²) >= 11 is 0. The van der Waals surface area contributed by atoms with E-state index in [1.807, 2.05) is 7.05 Å². The quantitative estimate of drug-likeness (QED) is 0.886. The minimum atomic E-state index is 0.254. The molecule has 2 aliphatic rings. The maximum atomic E-state index is 4.34. The molecule has 2 atom stereocenters. The van der Waals surface area contributed by atoms with Gasteiger partial charge in [-0.3, -0.25) is 4.90 Å². The van der Waals surface area contributed by atoms with Gasteiger partial charge in [0.15, 0.2) is 5.82 Å². The van der Waals surface area contributed by atoms with Crippen LogP contribution >= 0.6 is 0 Å². The summed E-state index contributed by atoms with van der Waals surface area (Å²) < 4.78 is 0. The maximum absolute atomic E-state index is 4.34. The molecule has 2 fully saturated rings. The van der Waals surface area contributed by atoms with Crippen molar-refractivity contribution in [2.45, 2.75) is 52.2 Å². The minimum absolute atomic E-state index is 0.254. The van der Waals surface area contributed by atoms with Gasteiger partial charge in [0.2, 0.25) is 0 Å². The smallest absolute Gasteiger partial charge is 0.188 e. The average molecular weight is 278 g/mol. The molecular formula is C14H26N6. The monoisotopic (exact) mass is 278 g/mol. The summed E-state index contributed by atoms with van der Waals surface area (Å²) in [6.45, 7) is 9.91. The van der Waals surface area contributed by atoms with E-state index in [9.17, 15) is 0 Å². The summed E-state index contributed by atoms with van der Waals surface area (Å²) in [5.74, 6) is 1.71. The molecule has 0 amide bonds. The highest BCUT2D eigenvalue weighted by Gasteiger charge is 2.40. The highest BCUT2D eigenvalue weighted by atomic mass is 15.6. The second-order valence-electron chi connectivity index (χ2n) is 7.36. The molecule has 1 N–H and O–H groups in total. The molecule has 0 radical (unpaired) electrons. The molecule has 6 nitrogen and oxygen atoms in total. The van der Waals surface area contributed by atoms with Gasteiger partial charge in [0.05, 0.1) is 13.6 Å². The van der Waals surface area contributed by atoms with Crippen LogP contribution in [0, 0.1) is 11.3 Å². The second kappa shape index (κ2) is 5.07. The highest BCUT2D eigenvalue weighted by molar-refractivity contribution is 4.98. The van der Waals surface area contributed by atoms with E-state index in [0.717, 1.165) is 31.4 Å². The van der Waals surface area contributed by atoms with E-state index in [4.69, 9.17) is 0 Å². The maximum Gasteiger partial charge on any atom is 0.188 e. The van der Waals surface area contributed by atoms with Gasteiger partial charge in [0.1, 0.15) is 0 Å². The van der Waals surface area contributed by atoms with Crippen molar-refractivity contribution in [3.63, 3.8) is 0 Å². The number of aryl methyl sites for hydroxylation is 1. The fourth-order valence-corrected chi connectivity index (χ4v) is 3.25. The molecule has 1 aromatic rings. The molecule has 3 rings (SSSR count). The predicted molar refractivity (Wildman–Crippen MR) is 77.0 cm³/mol. The molecule has 6 heteroatoms. The number of nitrogens with zero attached hydrogens (tertiary/aromatic N) is 5. The second-order valence-corrected chi connectivity index (χ2v) is 7.36. The third kappa shape index (κ3) is 3.01. The lowest BCUT2D eigenvalue weighted by molar-refractivity contribution is 0.0429. The molecule has 0 spiro atoms. The van der Waals surface area contributed by atoms with Gasteiger partial charge < -0.3 is 5.32 Å². The summed E-state index contributed by atoms with van der Waals surface area (Å²) in [4.78, 5) is 4.10. The van der Waals surface area contributed by atoms with Gasteiger partial charge in [-0.05, 0) is 29.4 Å². The Morgan fingerprint density at radius 2 is 2.05 bits per heavy atom. The van der Waals surface area contributed by atoms with Crippen LogP contribution in [0.25, 0.3) is 0 Å². The lowest BCUT2D eigenvalue weighted by atomic mass is 9.83. The molecule has 112 valence electrons. The van der Waals surface area contributed by atoms with Gasteiger partial charge in [-0.25, -0.2) is 0 Å². The zero-order chi connectivity index (χ0) is 14.3. The highest BCUT2D eigenvalue weighted by Crippen LogP contribution is 2.36. The lowest BCUT2D eigenvalue weighted by Crippen LogP contribution is -2.60. The minimum Gasteiger partial charge on any atom is -0.311 e. The van der Waals surface area contributed by atoms with Gasteiger partial charge in [0.25, 0.3) is 0 Å². The van der Waals surface area contributed by atoms with Gasteiger partial charge in [-0.2, -0.15) is 4.80 Å². The van der Waals surface area contributed by atoms with Crippen molar-refractivity contribution < 1.29 is 0 Å². The molecule has 1 saturated heterocycles. The van der Waals surface area contributed by atoms with Crippen molar-refractivity contribution in [2.75, 3.05) is 13.1 Å². The number of nitrogens with one attached hydrogen (secondary N) is 1. The number of hydrogen-bond donors (Lipinski definition) is 1. The number of tetrazole rings is 1. The first-order valence-electron chi connectivity index (χ1n) is 7.64. The molecule has 1 saturated carbocycles. The predicted octanol–water partition coefficient (Wildman–Crippen LogP) is 0.809. The topological polar surface area (TPSA) is 58.9 Å². The van der Waals surface area contributed by atoms with Crippen LogP contribution in [0.1, 0.15) is 39.4 Å². The number of hydrogen-bond acceptors (Lipinski definition) is 5. The lowest BCUT2D eigenvalue weighted by Gasteiger charge is -2.46. The molecule has 0 bridgehead atoms. The zero-order valence-electron chi connectivity index (χ0n) is 13.0. The van der Waals surface area contributed by atoms with Crippen LogP contribution in [0.2, 0.25) is 0 Å². The summed E-state index contributed by atoms with van der Waals surface area (Å²) in [5, 5.41) is 16.2. The SMILES string of the molecule is Cn1nnc(CN2CC(C3CC3)NCC2C(C)(C)C)n1. The number of piperazine rings is 1. The van der Waals surface area contributed by atoms with Crippen LogP contribution < -0.4 is 5.32 Å². The summed E-state index contributed by atoms with van der Waals surface area (Å²) in [6, 6.07) is 1.16. The van der Waals surface area contributed by atoms with Crippen LogP contribution in [0.5, 0.6) is 0 Å². The van der Waals surface area contributed by atoms with Crippen LogP contribution in [-0.2, 0) is 13.6 Å². The Hall–Kier alpha value is -1.01. The summed E-state index contributed by atoms with van der Waals surface area (Å²) in [5.41, 5.74) is 0.254. The van der Waals surface area contributed by atoms with Gasteiger partial charge in [-0.1, -0.05) is 20.8 Å². The van der Waals surface area contributed by atoms with Crippen LogP contribution in [0.3, 0.4) is 0 Å². The van der Waals surface area contributed by atoms with Crippen molar-refractivity contribution in [3.8, 4) is 0 Å². The summed E-state index contributed by atoms with van der Waals surface area (Å²) in [7, 11) is 1.82. The van der Waals surface area contributed by atoms with Crippen molar-refractivity contribution in [1.29, 1.82) is 0 Å². The largest absolute Gasteiger partial charge is 0.311 e. The molecule has 0 aromatic carbocycles. The Kier molecular flexibility index (Phi) is 3.54. The zero-order valence-corrected chi connectivity index (χ0v) is 13.0. The van der Waals surface area contributed by atoms with Crippen molar-refractivity contribution in [1.82, 2.24) is 30.4 Å². The molecule has 1 aromatic heterocycles. The van der Waals surface area contributed by atoms with Crippen molar-refractivity contribution in [3.05, 3.63) is 5.82 Å². The van der Waals surface area contributed by atoms with E-state index >= 15 is 0 Å². The third-order valence-electron chi connectivity index (χ3n) is 4.53. The normalized spacial score (nSPS) is 28.8. The van der Waals surface area contributed by atoms with E-state index in [2.05, 4.69) is 46.4 Å². The molecule has 2 heterocycles. The molecular weight excluding hydrogens is 252 g/mol. The van der Waals surface area contributed by atoms with Crippen molar-refractivity contribution in [2.24, 2.45) is 18.4 Å². The fourth-order valence-electron chi connectivity index (χ4n) is 3.25. The molecule has 2 unspecified atom stereocenters. The standard InChI is InChI=1S/C14H26N6/c1-14(2,3)12-7-15-11(10-5-6-10)8-20(12)9-13-16-18-19(4)17-13/h10-12,15H,5-9H2,1-4H3. The first-order chi connectivity index (χ1) is 9.43. The van der Waals surface area contributed by atoms with E-state index < -0.39 is 0 Å². The molecule has 20 heavy (non-hydrogen) atoms. The Morgan fingerprint density at radius 3 is 2.60 bits per heavy atom.